The van der Waals surface area contributed by atoms with Crippen LogP contribution in [-0.4, -0.2) is 23.7 Å². The van der Waals surface area contributed by atoms with Crippen LogP contribution in [0.3, 0.4) is 0 Å². The van der Waals surface area contributed by atoms with Crippen LogP contribution in [0.25, 0.3) is 11.7 Å². The Bertz CT molecular complexity index is 394. The van der Waals surface area contributed by atoms with Crippen molar-refractivity contribution >= 4 is 0 Å². The van der Waals surface area contributed by atoms with E-state index < -0.39 is 0 Å². The second kappa shape index (κ2) is 4.75. The fourth-order valence-corrected chi connectivity index (χ4v) is 1.28. The van der Waals surface area contributed by atoms with Gasteiger partial charge in [0.25, 0.3) is 5.89 Å². The van der Waals surface area contributed by atoms with Gasteiger partial charge in [-0.1, -0.05) is 5.16 Å². The monoisotopic (exact) mass is 207 g/mol. The van der Waals surface area contributed by atoms with E-state index in [0.717, 1.165) is 25.2 Å². The van der Waals surface area contributed by atoms with Crippen molar-refractivity contribution in [3.8, 4) is 11.7 Å². The molecule has 1 N–H and O–H groups in total. The normalized spacial score (nSPS) is 10.7. The molecule has 0 fully saturated rings. The van der Waals surface area contributed by atoms with Crippen molar-refractivity contribution in [2.75, 3.05) is 13.6 Å². The van der Waals surface area contributed by atoms with E-state index in [2.05, 4.69) is 15.5 Å². The molecule has 5 nitrogen and oxygen atoms in total. The molecule has 0 aromatic carbocycles. The topological polar surface area (TPSA) is 64.1 Å². The van der Waals surface area contributed by atoms with Crippen LogP contribution >= 0.6 is 0 Å². The first-order valence-electron chi connectivity index (χ1n) is 4.91. The summed E-state index contributed by atoms with van der Waals surface area (Å²) in [5.74, 6) is 1.78. The number of hydrogen-bond acceptors (Lipinski definition) is 5. The molecule has 0 saturated heterocycles. The van der Waals surface area contributed by atoms with Gasteiger partial charge in [0.1, 0.15) is 0 Å². The summed E-state index contributed by atoms with van der Waals surface area (Å²) in [5, 5.41) is 6.94. The van der Waals surface area contributed by atoms with Crippen LogP contribution < -0.4 is 5.32 Å². The van der Waals surface area contributed by atoms with Crippen molar-refractivity contribution in [1.82, 2.24) is 15.5 Å². The van der Waals surface area contributed by atoms with Crippen LogP contribution in [0, 0.1) is 0 Å². The summed E-state index contributed by atoms with van der Waals surface area (Å²) >= 11 is 0. The molecule has 0 aliphatic heterocycles. The van der Waals surface area contributed by atoms with Crippen LogP contribution in [0.5, 0.6) is 0 Å². The third-order valence-corrected chi connectivity index (χ3v) is 2.03. The first-order chi connectivity index (χ1) is 7.40. The van der Waals surface area contributed by atoms with Gasteiger partial charge in [0.15, 0.2) is 11.6 Å². The Balaban J connectivity index is 1.98. The van der Waals surface area contributed by atoms with Crippen molar-refractivity contribution in [1.29, 1.82) is 0 Å². The fourth-order valence-electron chi connectivity index (χ4n) is 1.28. The number of nitrogens with one attached hydrogen (secondary N) is 1. The number of aromatic nitrogens is 2. The number of aryl methyl sites for hydroxylation is 1. The van der Waals surface area contributed by atoms with Gasteiger partial charge in [-0.25, -0.2) is 0 Å². The van der Waals surface area contributed by atoms with Crippen molar-refractivity contribution in [3.63, 3.8) is 0 Å². The molecule has 2 rings (SSSR count). The molecule has 0 saturated carbocycles. The minimum Gasteiger partial charge on any atom is -0.459 e. The zero-order chi connectivity index (χ0) is 10.5. The van der Waals surface area contributed by atoms with E-state index in [1.54, 1.807) is 18.4 Å². The maximum absolute atomic E-state index is 5.15. The van der Waals surface area contributed by atoms with Gasteiger partial charge < -0.3 is 14.3 Å². The fraction of sp³-hybridized carbons (Fsp3) is 0.400. The van der Waals surface area contributed by atoms with E-state index in [-0.39, 0.29) is 0 Å². The second-order valence-corrected chi connectivity index (χ2v) is 3.20. The van der Waals surface area contributed by atoms with Crippen LogP contribution in [0.1, 0.15) is 12.2 Å². The first kappa shape index (κ1) is 9.92. The van der Waals surface area contributed by atoms with Gasteiger partial charge in [-0.05, 0) is 32.1 Å². The third-order valence-electron chi connectivity index (χ3n) is 2.03. The molecular formula is C10H13N3O2. The lowest BCUT2D eigenvalue weighted by Gasteiger charge is -1.93. The van der Waals surface area contributed by atoms with E-state index >= 15 is 0 Å². The summed E-state index contributed by atoms with van der Waals surface area (Å²) in [7, 11) is 1.92. The summed E-state index contributed by atoms with van der Waals surface area (Å²) in [5.41, 5.74) is 0. The van der Waals surface area contributed by atoms with Gasteiger partial charge in [0.05, 0.1) is 6.26 Å². The highest BCUT2D eigenvalue weighted by atomic mass is 16.5. The molecule has 0 radical (unpaired) electrons. The molecule has 5 heteroatoms. The molecule has 0 amide bonds. The summed E-state index contributed by atoms with van der Waals surface area (Å²) in [4.78, 5) is 4.23. The minimum absolute atomic E-state index is 0.444. The average Bonchev–Trinajstić information content (AvgIpc) is 2.87. The van der Waals surface area contributed by atoms with E-state index in [0.29, 0.717) is 11.7 Å². The lowest BCUT2D eigenvalue weighted by molar-refractivity contribution is 0.408. The lowest BCUT2D eigenvalue weighted by Crippen LogP contribution is -2.08. The number of furan rings is 1. The lowest BCUT2D eigenvalue weighted by atomic mass is 10.3. The molecule has 0 unspecified atom stereocenters. The summed E-state index contributed by atoms with van der Waals surface area (Å²) in [6, 6.07) is 3.59. The van der Waals surface area contributed by atoms with Gasteiger partial charge >= 0.3 is 0 Å². The Kier molecular flexibility index (Phi) is 3.14. The number of hydrogen-bond donors (Lipinski definition) is 1. The third kappa shape index (κ3) is 2.44. The maximum atomic E-state index is 5.15. The molecular weight excluding hydrogens is 194 g/mol. The molecule has 2 aromatic rings. The summed E-state index contributed by atoms with van der Waals surface area (Å²) in [6.07, 6.45) is 3.39. The highest BCUT2D eigenvalue weighted by Gasteiger charge is 2.10. The van der Waals surface area contributed by atoms with Crippen molar-refractivity contribution in [3.05, 3.63) is 24.2 Å². The molecule has 15 heavy (non-hydrogen) atoms. The predicted molar refractivity (Wildman–Crippen MR) is 54.2 cm³/mol. The molecule has 2 heterocycles. The van der Waals surface area contributed by atoms with E-state index in [9.17, 15) is 0 Å². The Labute approximate surface area is 87.5 Å². The van der Waals surface area contributed by atoms with Crippen molar-refractivity contribution in [2.24, 2.45) is 0 Å². The molecule has 0 aliphatic rings. The van der Waals surface area contributed by atoms with E-state index in [1.165, 1.54) is 0 Å². The predicted octanol–water partition coefficient (Wildman–Crippen LogP) is 1.48. The first-order valence-corrected chi connectivity index (χ1v) is 4.91. The Morgan fingerprint density at radius 3 is 3.13 bits per heavy atom. The average molecular weight is 207 g/mol. The molecule has 0 atom stereocenters. The molecule has 80 valence electrons. The summed E-state index contributed by atoms with van der Waals surface area (Å²) in [6.45, 7) is 0.949. The van der Waals surface area contributed by atoms with Crippen LogP contribution in [0.15, 0.2) is 27.3 Å². The molecule has 0 bridgehead atoms. The zero-order valence-electron chi connectivity index (χ0n) is 8.56. The minimum atomic E-state index is 0.444. The zero-order valence-corrected chi connectivity index (χ0v) is 8.56. The molecule has 2 aromatic heterocycles. The van der Waals surface area contributed by atoms with Crippen molar-refractivity contribution < 1.29 is 8.94 Å². The second-order valence-electron chi connectivity index (χ2n) is 3.20. The standard InChI is InChI=1S/C10H13N3O2/c1-11-6-2-5-9-12-10(15-13-9)8-4-3-7-14-8/h3-4,7,11H,2,5-6H2,1H3. The highest BCUT2D eigenvalue weighted by molar-refractivity contribution is 5.42. The van der Waals surface area contributed by atoms with Crippen LogP contribution in [-0.2, 0) is 6.42 Å². The van der Waals surface area contributed by atoms with Gasteiger partial charge in [-0.15, -0.1) is 0 Å². The highest BCUT2D eigenvalue weighted by Crippen LogP contribution is 2.17. The van der Waals surface area contributed by atoms with Gasteiger partial charge in [0.2, 0.25) is 0 Å². The Hall–Kier alpha value is -1.62. The Morgan fingerprint density at radius 1 is 1.47 bits per heavy atom. The van der Waals surface area contributed by atoms with Gasteiger partial charge in [-0.2, -0.15) is 4.98 Å². The van der Waals surface area contributed by atoms with Crippen LogP contribution in [0.4, 0.5) is 0 Å². The molecule has 0 aliphatic carbocycles. The van der Waals surface area contributed by atoms with Gasteiger partial charge in [0, 0.05) is 6.42 Å². The molecule has 0 spiro atoms. The Morgan fingerprint density at radius 2 is 2.40 bits per heavy atom. The van der Waals surface area contributed by atoms with E-state index in [1.807, 2.05) is 7.05 Å². The van der Waals surface area contributed by atoms with Crippen LogP contribution in [0.2, 0.25) is 0 Å². The van der Waals surface area contributed by atoms with E-state index in [4.69, 9.17) is 8.94 Å². The SMILES string of the molecule is CNCCCc1noc(-c2ccco2)n1. The quantitative estimate of drug-likeness (QED) is 0.752. The summed E-state index contributed by atoms with van der Waals surface area (Å²) < 4.78 is 10.2. The van der Waals surface area contributed by atoms with Crippen molar-refractivity contribution in [2.45, 2.75) is 12.8 Å². The van der Waals surface area contributed by atoms with Gasteiger partial charge in [-0.3, -0.25) is 0 Å². The maximum Gasteiger partial charge on any atom is 0.293 e. The number of rotatable bonds is 5. The smallest absolute Gasteiger partial charge is 0.293 e. The number of nitrogens with zero attached hydrogens (tertiary/aromatic N) is 2. The largest absolute Gasteiger partial charge is 0.459 e.